The maximum Gasteiger partial charge on any atom is 0.0966 e. The molecule has 0 aromatic carbocycles. The summed E-state index contributed by atoms with van der Waals surface area (Å²) < 4.78 is 0. The van der Waals surface area contributed by atoms with Crippen molar-refractivity contribution in [2.45, 2.75) is 37.2 Å². The largest absolute Gasteiger partial charge is 0.389 e. The Kier molecular flexibility index (Phi) is 3.75. The highest BCUT2D eigenvalue weighted by Gasteiger charge is 2.04. The molecular formula is C10H15NOS. The summed E-state index contributed by atoms with van der Waals surface area (Å²) in [4.78, 5) is 4.21. The first-order valence-corrected chi connectivity index (χ1v) is 5.28. The molecule has 3 heteroatoms. The summed E-state index contributed by atoms with van der Waals surface area (Å²) in [7, 11) is 0. The summed E-state index contributed by atoms with van der Waals surface area (Å²) in [5, 5.41) is 10.9. The predicted molar refractivity (Wildman–Crippen MR) is 55.9 cm³/mol. The van der Waals surface area contributed by atoms with Crippen molar-refractivity contribution in [3.8, 4) is 0 Å². The van der Waals surface area contributed by atoms with Crippen LogP contribution in [0.3, 0.4) is 0 Å². The molecule has 0 aliphatic heterocycles. The normalized spacial score (nSPS) is 13.3. The Hall–Kier alpha value is -0.540. The zero-order chi connectivity index (χ0) is 9.84. The summed E-state index contributed by atoms with van der Waals surface area (Å²) in [6, 6.07) is 3.78. The second-order valence-electron chi connectivity index (χ2n) is 3.27. The highest BCUT2D eigenvalue weighted by molar-refractivity contribution is 7.99. The number of aliphatic hydroxyl groups excluding tert-OH is 1. The molecule has 13 heavy (non-hydrogen) atoms. The lowest BCUT2D eigenvalue weighted by Gasteiger charge is -2.07. The van der Waals surface area contributed by atoms with Crippen LogP contribution in [0.4, 0.5) is 0 Å². The number of thioether (sulfide) groups is 1. The van der Waals surface area contributed by atoms with Gasteiger partial charge < -0.3 is 5.11 Å². The van der Waals surface area contributed by atoms with Gasteiger partial charge in [0.25, 0.3) is 0 Å². The van der Waals surface area contributed by atoms with Crippen LogP contribution >= 0.6 is 11.8 Å². The average molecular weight is 197 g/mol. The molecule has 1 rings (SSSR count). The Morgan fingerprint density at radius 3 is 2.62 bits per heavy atom. The zero-order valence-electron chi connectivity index (χ0n) is 8.19. The molecule has 0 aliphatic carbocycles. The summed E-state index contributed by atoms with van der Waals surface area (Å²) in [6.45, 7) is 6.02. The minimum absolute atomic E-state index is 0.408. The van der Waals surface area contributed by atoms with E-state index in [-0.39, 0.29) is 0 Å². The molecule has 1 atom stereocenters. The van der Waals surface area contributed by atoms with Crippen LogP contribution in [0.25, 0.3) is 0 Å². The minimum Gasteiger partial charge on any atom is -0.389 e. The lowest BCUT2D eigenvalue weighted by atomic mass is 10.2. The van der Waals surface area contributed by atoms with Gasteiger partial charge in [-0.05, 0) is 24.6 Å². The molecule has 0 unspecified atom stereocenters. The van der Waals surface area contributed by atoms with Gasteiger partial charge in [0.1, 0.15) is 0 Å². The number of hydrogen-bond donors (Lipinski definition) is 1. The Morgan fingerprint density at radius 2 is 2.08 bits per heavy atom. The van der Waals surface area contributed by atoms with Crippen molar-refractivity contribution in [3.63, 3.8) is 0 Å². The molecule has 0 aliphatic rings. The molecule has 0 amide bonds. The number of rotatable bonds is 3. The fourth-order valence-electron chi connectivity index (χ4n) is 0.991. The highest BCUT2D eigenvalue weighted by atomic mass is 32.2. The monoisotopic (exact) mass is 197 g/mol. The molecule has 0 spiro atoms. The quantitative estimate of drug-likeness (QED) is 0.756. The number of hydrogen-bond acceptors (Lipinski definition) is 3. The molecule has 1 heterocycles. The molecule has 1 aromatic rings. The molecule has 72 valence electrons. The van der Waals surface area contributed by atoms with Crippen LogP contribution in [0, 0.1) is 0 Å². The first-order chi connectivity index (χ1) is 6.09. The number of nitrogens with zero attached hydrogens (tertiary/aromatic N) is 1. The van der Waals surface area contributed by atoms with Crippen molar-refractivity contribution in [2.24, 2.45) is 0 Å². The minimum atomic E-state index is -0.408. The molecule has 0 fully saturated rings. The summed E-state index contributed by atoms with van der Waals surface area (Å²) in [6.07, 6.45) is 1.33. The Bertz CT molecular complexity index is 273. The van der Waals surface area contributed by atoms with E-state index in [1.165, 1.54) is 0 Å². The SMILES string of the molecule is CC(C)Sc1cc([C@@H](C)O)ccn1. The first kappa shape index (κ1) is 10.5. The maximum absolute atomic E-state index is 9.35. The fourth-order valence-corrected chi connectivity index (χ4v) is 1.80. The second kappa shape index (κ2) is 4.63. The van der Waals surface area contributed by atoms with Crippen molar-refractivity contribution in [2.75, 3.05) is 0 Å². The number of aliphatic hydroxyl groups is 1. The third kappa shape index (κ3) is 3.36. The van der Waals surface area contributed by atoms with Gasteiger partial charge in [0, 0.05) is 11.4 Å². The molecule has 0 radical (unpaired) electrons. The van der Waals surface area contributed by atoms with Gasteiger partial charge in [-0.2, -0.15) is 0 Å². The Morgan fingerprint density at radius 1 is 1.38 bits per heavy atom. The van der Waals surface area contributed by atoms with Crippen molar-refractivity contribution in [3.05, 3.63) is 23.9 Å². The average Bonchev–Trinajstić information content (AvgIpc) is 2.03. The van der Waals surface area contributed by atoms with E-state index in [1.54, 1.807) is 24.9 Å². The number of pyridine rings is 1. The van der Waals surface area contributed by atoms with Crippen LogP contribution in [-0.4, -0.2) is 15.3 Å². The van der Waals surface area contributed by atoms with E-state index in [4.69, 9.17) is 0 Å². The second-order valence-corrected chi connectivity index (χ2v) is 4.87. The zero-order valence-corrected chi connectivity index (χ0v) is 9.01. The van der Waals surface area contributed by atoms with E-state index in [2.05, 4.69) is 18.8 Å². The molecule has 1 aromatic heterocycles. The smallest absolute Gasteiger partial charge is 0.0966 e. The Labute approximate surface area is 83.4 Å². The molecule has 0 saturated carbocycles. The summed E-state index contributed by atoms with van der Waals surface area (Å²) in [5.74, 6) is 0. The van der Waals surface area contributed by atoms with Crippen LogP contribution in [-0.2, 0) is 0 Å². The summed E-state index contributed by atoms with van der Waals surface area (Å²) >= 11 is 1.71. The van der Waals surface area contributed by atoms with Crippen LogP contribution in [0.1, 0.15) is 32.4 Å². The van der Waals surface area contributed by atoms with Gasteiger partial charge in [-0.1, -0.05) is 13.8 Å². The van der Waals surface area contributed by atoms with Crippen LogP contribution < -0.4 is 0 Å². The van der Waals surface area contributed by atoms with Gasteiger partial charge >= 0.3 is 0 Å². The van der Waals surface area contributed by atoms with E-state index in [0.29, 0.717) is 5.25 Å². The van der Waals surface area contributed by atoms with Crippen molar-refractivity contribution in [1.82, 2.24) is 4.98 Å². The molecule has 1 N–H and O–H groups in total. The van der Waals surface area contributed by atoms with Gasteiger partial charge in [0.05, 0.1) is 11.1 Å². The van der Waals surface area contributed by atoms with E-state index in [0.717, 1.165) is 10.6 Å². The van der Waals surface area contributed by atoms with E-state index >= 15 is 0 Å². The third-order valence-corrected chi connectivity index (χ3v) is 2.53. The van der Waals surface area contributed by atoms with E-state index in [1.807, 2.05) is 12.1 Å². The van der Waals surface area contributed by atoms with Gasteiger partial charge in [-0.15, -0.1) is 11.8 Å². The molecular weight excluding hydrogens is 182 g/mol. The van der Waals surface area contributed by atoms with Crippen LogP contribution in [0.5, 0.6) is 0 Å². The fraction of sp³-hybridized carbons (Fsp3) is 0.500. The van der Waals surface area contributed by atoms with Crippen molar-refractivity contribution < 1.29 is 5.11 Å². The summed E-state index contributed by atoms with van der Waals surface area (Å²) in [5.41, 5.74) is 0.929. The van der Waals surface area contributed by atoms with Crippen LogP contribution in [0.15, 0.2) is 23.4 Å². The van der Waals surface area contributed by atoms with Crippen LogP contribution in [0.2, 0.25) is 0 Å². The topological polar surface area (TPSA) is 33.1 Å². The lowest BCUT2D eigenvalue weighted by molar-refractivity contribution is 0.199. The van der Waals surface area contributed by atoms with E-state index < -0.39 is 6.10 Å². The maximum atomic E-state index is 9.35. The van der Waals surface area contributed by atoms with Gasteiger partial charge in [0.15, 0.2) is 0 Å². The van der Waals surface area contributed by atoms with E-state index in [9.17, 15) is 5.11 Å². The highest BCUT2D eigenvalue weighted by Crippen LogP contribution is 2.23. The first-order valence-electron chi connectivity index (χ1n) is 4.40. The predicted octanol–water partition coefficient (Wildman–Crippen LogP) is 2.64. The van der Waals surface area contributed by atoms with Crippen molar-refractivity contribution >= 4 is 11.8 Å². The van der Waals surface area contributed by atoms with Gasteiger partial charge in [-0.25, -0.2) is 4.98 Å². The van der Waals surface area contributed by atoms with Gasteiger partial charge in [0.2, 0.25) is 0 Å². The number of aromatic nitrogens is 1. The molecule has 2 nitrogen and oxygen atoms in total. The lowest BCUT2D eigenvalue weighted by Crippen LogP contribution is -1.94. The third-order valence-electron chi connectivity index (χ3n) is 1.60. The van der Waals surface area contributed by atoms with Crippen molar-refractivity contribution in [1.29, 1.82) is 0 Å². The standard InChI is InChI=1S/C10H15NOS/c1-7(2)13-10-6-9(8(3)12)4-5-11-10/h4-8,12H,1-3H3/t8-/m1/s1. The molecule has 0 bridgehead atoms. The molecule has 0 saturated heterocycles. The van der Waals surface area contributed by atoms with Gasteiger partial charge in [-0.3, -0.25) is 0 Å². The Balaban J connectivity index is 2.79.